The average Bonchev–Trinajstić information content (AvgIpc) is 2.39. The quantitative estimate of drug-likeness (QED) is 0.355. The van der Waals surface area contributed by atoms with E-state index in [0.29, 0.717) is 0 Å². The summed E-state index contributed by atoms with van der Waals surface area (Å²) in [5, 5.41) is 11.9. The number of rotatable bonds is 4. The Morgan fingerprint density at radius 1 is 1.47 bits per heavy atom. The highest BCUT2D eigenvalue weighted by Gasteiger charge is 2.15. The normalized spacial score (nSPS) is 28.9. The van der Waals surface area contributed by atoms with Crippen LogP contribution < -0.4 is 5.73 Å². The second-order valence-corrected chi connectivity index (χ2v) is 5.11. The minimum atomic E-state index is 0.125. The molecule has 1 rings (SSSR count). The van der Waals surface area contributed by atoms with Gasteiger partial charge in [0.15, 0.2) is 5.84 Å². The highest BCUT2D eigenvalue weighted by atomic mass is 16.5. The molecular formula is C15H24N2O2. The Balaban J connectivity index is 2.99. The van der Waals surface area contributed by atoms with Gasteiger partial charge in [-0.3, -0.25) is 0 Å². The van der Waals surface area contributed by atoms with Gasteiger partial charge >= 0.3 is 0 Å². The summed E-state index contributed by atoms with van der Waals surface area (Å²) in [5.41, 5.74) is 7.83. The lowest BCUT2D eigenvalue weighted by atomic mass is 9.90. The van der Waals surface area contributed by atoms with E-state index < -0.39 is 0 Å². The smallest absolute Gasteiger partial charge is 0.166 e. The Hall–Kier alpha value is -1.55. The van der Waals surface area contributed by atoms with Crippen LogP contribution in [-0.2, 0) is 4.74 Å². The van der Waals surface area contributed by atoms with Gasteiger partial charge in [-0.25, -0.2) is 0 Å². The molecule has 0 radical (unpaired) electrons. The van der Waals surface area contributed by atoms with Gasteiger partial charge in [-0.15, -0.1) is 0 Å². The van der Waals surface area contributed by atoms with E-state index in [1.807, 2.05) is 13.0 Å². The highest BCUT2D eigenvalue weighted by Crippen LogP contribution is 2.23. The molecule has 0 heterocycles. The number of oxime groups is 1. The van der Waals surface area contributed by atoms with Crippen LogP contribution in [0.1, 0.15) is 27.2 Å². The number of ether oxygens (including phenoxy) is 1. The summed E-state index contributed by atoms with van der Waals surface area (Å²) in [6, 6.07) is 0. The predicted octanol–water partition coefficient (Wildman–Crippen LogP) is 2.85. The molecule has 0 saturated heterocycles. The van der Waals surface area contributed by atoms with Gasteiger partial charge in [0.2, 0.25) is 0 Å². The molecule has 0 fully saturated rings. The zero-order valence-corrected chi connectivity index (χ0v) is 12.1. The van der Waals surface area contributed by atoms with Crippen molar-refractivity contribution in [2.45, 2.75) is 33.3 Å². The predicted molar refractivity (Wildman–Crippen MR) is 78.1 cm³/mol. The number of hydrogen-bond acceptors (Lipinski definition) is 3. The summed E-state index contributed by atoms with van der Waals surface area (Å²) in [6.45, 7) is 6.18. The van der Waals surface area contributed by atoms with Crippen molar-refractivity contribution >= 4 is 5.84 Å². The van der Waals surface area contributed by atoms with Crippen molar-refractivity contribution in [3.8, 4) is 0 Å². The molecular weight excluding hydrogens is 240 g/mol. The van der Waals surface area contributed by atoms with Crippen molar-refractivity contribution in [2.24, 2.45) is 22.7 Å². The molecule has 1 unspecified atom stereocenters. The summed E-state index contributed by atoms with van der Waals surface area (Å²) < 4.78 is 5.30. The largest absolute Gasteiger partial charge is 0.409 e. The Labute approximate surface area is 115 Å². The van der Waals surface area contributed by atoms with Gasteiger partial charge in [-0.05, 0) is 24.8 Å². The molecule has 1 aliphatic carbocycles. The van der Waals surface area contributed by atoms with Crippen molar-refractivity contribution in [2.75, 3.05) is 7.11 Å². The molecule has 19 heavy (non-hydrogen) atoms. The molecule has 0 spiro atoms. The number of nitrogens with zero attached hydrogens (tertiary/aromatic N) is 1. The Kier molecular flexibility index (Phi) is 5.83. The van der Waals surface area contributed by atoms with Gasteiger partial charge in [-0.2, -0.15) is 0 Å². The minimum absolute atomic E-state index is 0.125. The van der Waals surface area contributed by atoms with E-state index in [1.54, 1.807) is 7.11 Å². The Bertz CT molecular complexity index is 422. The maximum Gasteiger partial charge on any atom is 0.166 e. The number of allylic oxidation sites excluding steroid dienone is 4. The SMILES string of the molecule is CO[C@H](C)CC1=CC(C)/C=C(/C(N)=NO)[C@H](C)C=C1. The van der Waals surface area contributed by atoms with Gasteiger partial charge in [0.25, 0.3) is 0 Å². The van der Waals surface area contributed by atoms with Crippen LogP contribution in [0.15, 0.2) is 40.6 Å². The van der Waals surface area contributed by atoms with Gasteiger partial charge in [0, 0.05) is 18.6 Å². The van der Waals surface area contributed by atoms with Crippen LogP contribution in [0.2, 0.25) is 0 Å². The maximum atomic E-state index is 8.82. The van der Waals surface area contributed by atoms with Crippen molar-refractivity contribution in [1.29, 1.82) is 0 Å². The summed E-state index contributed by atoms with van der Waals surface area (Å²) in [7, 11) is 1.72. The number of hydrogen-bond donors (Lipinski definition) is 2. The number of methoxy groups -OCH3 is 1. The van der Waals surface area contributed by atoms with Crippen molar-refractivity contribution in [3.05, 3.63) is 35.5 Å². The Morgan fingerprint density at radius 2 is 2.16 bits per heavy atom. The van der Waals surface area contributed by atoms with Crippen molar-refractivity contribution < 1.29 is 9.94 Å². The fourth-order valence-electron chi connectivity index (χ4n) is 2.18. The highest BCUT2D eigenvalue weighted by molar-refractivity contribution is 5.97. The van der Waals surface area contributed by atoms with Crippen LogP contribution in [0.25, 0.3) is 0 Å². The zero-order chi connectivity index (χ0) is 14.4. The van der Waals surface area contributed by atoms with Gasteiger partial charge < -0.3 is 15.7 Å². The third-order valence-corrected chi connectivity index (χ3v) is 3.34. The van der Waals surface area contributed by atoms with Crippen molar-refractivity contribution in [1.82, 2.24) is 0 Å². The molecule has 1 aliphatic rings. The van der Waals surface area contributed by atoms with Gasteiger partial charge in [-0.1, -0.05) is 43.3 Å². The van der Waals surface area contributed by atoms with E-state index >= 15 is 0 Å². The second kappa shape index (κ2) is 7.14. The van der Waals surface area contributed by atoms with Crippen molar-refractivity contribution in [3.63, 3.8) is 0 Å². The molecule has 3 atom stereocenters. The first-order valence-electron chi connectivity index (χ1n) is 6.59. The first-order chi connectivity index (χ1) is 8.97. The van der Waals surface area contributed by atoms with Gasteiger partial charge in [0.1, 0.15) is 0 Å². The van der Waals surface area contributed by atoms with Crippen LogP contribution >= 0.6 is 0 Å². The van der Waals surface area contributed by atoms with Crippen LogP contribution in [0, 0.1) is 11.8 Å². The lowest BCUT2D eigenvalue weighted by Gasteiger charge is -2.18. The van der Waals surface area contributed by atoms with Crippen LogP contribution in [0.4, 0.5) is 0 Å². The summed E-state index contributed by atoms with van der Waals surface area (Å²) in [4.78, 5) is 0. The third kappa shape index (κ3) is 4.56. The molecule has 0 aromatic heterocycles. The topological polar surface area (TPSA) is 67.8 Å². The van der Waals surface area contributed by atoms with E-state index in [0.717, 1.165) is 12.0 Å². The Morgan fingerprint density at radius 3 is 2.74 bits per heavy atom. The van der Waals surface area contributed by atoms with Crippen LogP contribution in [0.3, 0.4) is 0 Å². The fraction of sp³-hybridized carbons (Fsp3) is 0.533. The summed E-state index contributed by atoms with van der Waals surface area (Å²) in [5.74, 6) is 0.549. The summed E-state index contributed by atoms with van der Waals surface area (Å²) in [6.07, 6.45) is 9.49. The molecule has 0 aromatic carbocycles. The third-order valence-electron chi connectivity index (χ3n) is 3.34. The minimum Gasteiger partial charge on any atom is -0.409 e. The first-order valence-corrected chi connectivity index (χ1v) is 6.59. The summed E-state index contributed by atoms with van der Waals surface area (Å²) >= 11 is 0. The first kappa shape index (κ1) is 15.5. The van der Waals surface area contributed by atoms with Crippen LogP contribution in [0.5, 0.6) is 0 Å². The average molecular weight is 264 g/mol. The molecule has 4 heteroatoms. The monoisotopic (exact) mass is 264 g/mol. The van der Waals surface area contributed by atoms with E-state index in [-0.39, 0.29) is 23.8 Å². The molecule has 0 bridgehead atoms. The molecule has 4 nitrogen and oxygen atoms in total. The second-order valence-electron chi connectivity index (χ2n) is 5.11. The molecule has 0 saturated carbocycles. The number of nitrogens with two attached hydrogens (primary N) is 1. The standard InChI is InChI=1S/C15H24N2O2/c1-10-7-13(9-12(3)19-4)6-5-11(2)14(8-10)15(16)17-18/h5-8,10-12,18H,9H2,1-4H3,(H2,16,17)/b6-5?,13-7?,14-8+/t10?,11-,12-/m1/s1. The fourth-order valence-corrected chi connectivity index (χ4v) is 2.18. The molecule has 0 amide bonds. The van der Waals surface area contributed by atoms with E-state index in [4.69, 9.17) is 15.7 Å². The molecule has 3 N–H and O–H groups in total. The van der Waals surface area contributed by atoms with Gasteiger partial charge in [0.05, 0.1) is 6.10 Å². The van der Waals surface area contributed by atoms with E-state index in [1.165, 1.54) is 5.57 Å². The lowest BCUT2D eigenvalue weighted by Crippen LogP contribution is -2.20. The van der Waals surface area contributed by atoms with E-state index in [9.17, 15) is 0 Å². The maximum absolute atomic E-state index is 8.82. The lowest BCUT2D eigenvalue weighted by molar-refractivity contribution is 0.119. The van der Waals surface area contributed by atoms with Crippen LogP contribution in [-0.4, -0.2) is 24.3 Å². The molecule has 0 aromatic rings. The zero-order valence-electron chi connectivity index (χ0n) is 12.1. The molecule has 0 aliphatic heterocycles. The molecule has 106 valence electrons. The number of amidine groups is 1. The van der Waals surface area contributed by atoms with E-state index in [2.05, 4.69) is 37.2 Å².